The molecule has 0 spiro atoms. The summed E-state index contributed by atoms with van der Waals surface area (Å²) in [7, 11) is -1.85. The summed E-state index contributed by atoms with van der Waals surface area (Å²) in [4.78, 5) is 33.3. The molecule has 36 heavy (non-hydrogen) atoms. The van der Waals surface area contributed by atoms with Crippen LogP contribution in [0.15, 0.2) is 47.1 Å². The van der Waals surface area contributed by atoms with E-state index in [0.717, 1.165) is 36.2 Å². The van der Waals surface area contributed by atoms with E-state index < -0.39 is 26.8 Å². The molecule has 1 saturated carbocycles. The number of Topliss-reactive ketones (excluding diaryl/α,β-unsaturated/α-hetero) is 1. The van der Waals surface area contributed by atoms with Crippen LogP contribution in [0.4, 0.5) is 0 Å². The Balaban J connectivity index is 1.55. The van der Waals surface area contributed by atoms with Crippen LogP contribution in [-0.4, -0.2) is 55.7 Å². The fourth-order valence-electron chi connectivity index (χ4n) is 4.36. The zero-order chi connectivity index (χ0) is 25.9. The molecular formula is C26H30N2O6S2. The number of amides is 1. The van der Waals surface area contributed by atoms with Crippen LogP contribution in [0.5, 0.6) is 5.75 Å². The molecule has 0 saturated heterocycles. The number of rotatable bonds is 12. The number of ketones is 1. The lowest BCUT2D eigenvalue weighted by Crippen LogP contribution is -2.39. The minimum Gasteiger partial charge on any atom is -0.497 e. The second-order valence-electron chi connectivity index (χ2n) is 9.23. The van der Waals surface area contributed by atoms with E-state index >= 15 is 0 Å². The van der Waals surface area contributed by atoms with Crippen molar-refractivity contribution in [3.63, 3.8) is 0 Å². The van der Waals surface area contributed by atoms with E-state index in [9.17, 15) is 18.0 Å². The van der Waals surface area contributed by atoms with Gasteiger partial charge < -0.3 is 14.1 Å². The highest BCUT2D eigenvalue weighted by molar-refractivity contribution is 7.91. The van der Waals surface area contributed by atoms with Crippen molar-refractivity contribution in [2.45, 2.75) is 44.6 Å². The molecular weight excluding hydrogens is 500 g/mol. The van der Waals surface area contributed by atoms with Gasteiger partial charge in [0.1, 0.15) is 28.0 Å². The SMILES string of the molecule is COc1ccc(C2(C(=O)N(CCCc3ccco3)Cc3nc(C(=O)CS(C)(=O)=O)c(C)s3)CC2)cc1. The van der Waals surface area contributed by atoms with E-state index in [1.165, 1.54) is 11.3 Å². The Morgan fingerprint density at radius 2 is 1.92 bits per heavy atom. The minimum absolute atomic E-state index is 0.0315. The predicted octanol–water partition coefficient (Wildman–Crippen LogP) is 3.97. The second-order valence-corrected chi connectivity index (χ2v) is 12.7. The summed E-state index contributed by atoms with van der Waals surface area (Å²) in [5.74, 6) is 0.525. The highest BCUT2D eigenvalue weighted by Crippen LogP contribution is 2.50. The van der Waals surface area contributed by atoms with Crippen molar-refractivity contribution in [3.8, 4) is 5.75 Å². The van der Waals surface area contributed by atoms with Gasteiger partial charge in [-0.25, -0.2) is 13.4 Å². The van der Waals surface area contributed by atoms with Crippen molar-refractivity contribution in [2.75, 3.05) is 25.7 Å². The lowest BCUT2D eigenvalue weighted by Gasteiger charge is -2.27. The van der Waals surface area contributed by atoms with E-state index in [4.69, 9.17) is 9.15 Å². The highest BCUT2D eigenvalue weighted by atomic mass is 32.2. The summed E-state index contributed by atoms with van der Waals surface area (Å²) in [6, 6.07) is 11.4. The molecule has 1 fully saturated rings. The van der Waals surface area contributed by atoms with Gasteiger partial charge in [-0.1, -0.05) is 12.1 Å². The number of nitrogens with zero attached hydrogens (tertiary/aromatic N) is 2. The van der Waals surface area contributed by atoms with Crippen LogP contribution in [-0.2, 0) is 33.0 Å². The van der Waals surface area contributed by atoms with Crippen LogP contribution in [0.3, 0.4) is 0 Å². The molecule has 8 nitrogen and oxygen atoms in total. The van der Waals surface area contributed by atoms with Crippen LogP contribution in [0, 0.1) is 6.92 Å². The Labute approximate surface area is 215 Å². The first-order chi connectivity index (χ1) is 17.1. The Hall–Kier alpha value is -2.98. The van der Waals surface area contributed by atoms with E-state index in [-0.39, 0.29) is 18.1 Å². The van der Waals surface area contributed by atoms with Gasteiger partial charge in [-0.2, -0.15) is 0 Å². The average Bonchev–Trinajstić information content (AvgIpc) is 3.31. The molecule has 192 valence electrons. The number of carbonyl (C=O) groups excluding carboxylic acids is 2. The van der Waals surface area contributed by atoms with Gasteiger partial charge >= 0.3 is 0 Å². The summed E-state index contributed by atoms with van der Waals surface area (Å²) in [5, 5.41) is 0.612. The number of benzene rings is 1. The molecule has 10 heteroatoms. The van der Waals surface area contributed by atoms with E-state index in [1.807, 2.05) is 41.3 Å². The number of ether oxygens (including phenoxy) is 1. The number of hydrogen-bond donors (Lipinski definition) is 0. The molecule has 0 aliphatic heterocycles. The fourth-order valence-corrected chi connectivity index (χ4v) is 5.94. The molecule has 0 atom stereocenters. The molecule has 2 heterocycles. The molecule has 1 amide bonds. The Bertz CT molecular complexity index is 1320. The van der Waals surface area contributed by atoms with Gasteiger partial charge in [-0.05, 0) is 56.0 Å². The number of thiazole rings is 1. The van der Waals surface area contributed by atoms with Crippen LogP contribution in [0.25, 0.3) is 0 Å². The second kappa shape index (κ2) is 10.6. The first-order valence-corrected chi connectivity index (χ1v) is 14.6. The van der Waals surface area contributed by atoms with Gasteiger partial charge in [-0.3, -0.25) is 9.59 Å². The molecule has 3 aromatic rings. The standard InChI is InChI=1S/C26H30N2O6S2/c1-18-24(22(29)17-36(3,31)32)27-23(35-18)16-28(14-4-6-21-7-5-15-34-21)25(30)26(12-13-26)19-8-10-20(33-2)11-9-19/h5,7-11,15H,4,6,12-14,16-17H2,1-3H3. The van der Waals surface area contributed by atoms with Crippen molar-refractivity contribution in [3.05, 3.63) is 69.6 Å². The number of sulfone groups is 1. The topological polar surface area (TPSA) is 107 Å². The van der Waals surface area contributed by atoms with Gasteiger partial charge in [0.2, 0.25) is 5.91 Å². The molecule has 1 aliphatic rings. The molecule has 0 unspecified atom stereocenters. The quantitative estimate of drug-likeness (QED) is 0.326. The van der Waals surface area contributed by atoms with Gasteiger partial charge in [0.15, 0.2) is 15.6 Å². The van der Waals surface area contributed by atoms with E-state index in [1.54, 1.807) is 20.3 Å². The van der Waals surface area contributed by atoms with Crippen molar-refractivity contribution >= 4 is 32.9 Å². The van der Waals surface area contributed by atoms with Crippen molar-refractivity contribution < 1.29 is 27.2 Å². The van der Waals surface area contributed by atoms with Crippen LogP contribution < -0.4 is 4.74 Å². The summed E-state index contributed by atoms with van der Waals surface area (Å²) in [6.45, 7) is 2.51. The number of aromatic nitrogens is 1. The van der Waals surface area contributed by atoms with E-state index in [2.05, 4.69) is 4.98 Å². The van der Waals surface area contributed by atoms with Gasteiger partial charge in [0.25, 0.3) is 0 Å². The lowest BCUT2D eigenvalue weighted by molar-refractivity contribution is -0.134. The molecule has 1 aromatic carbocycles. The maximum Gasteiger partial charge on any atom is 0.233 e. The number of carbonyl (C=O) groups is 2. The third kappa shape index (κ3) is 6.04. The zero-order valence-corrected chi connectivity index (χ0v) is 22.3. The van der Waals surface area contributed by atoms with Crippen LogP contribution >= 0.6 is 11.3 Å². The lowest BCUT2D eigenvalue weighted by atomic mass is 9.94. The predicted molar refractivity (Wildman–Crippen MR) is 137 cm³/mol. The average molecular weight is 531 g/mol. The third-order valence-corrected chi connectivity index (χ3v) is 8.09. The first-order valence-electron chi connectivity index (χ1n) is 11.7. The molecule has 1 aliphatic carbocycles. The molecule has 0 N–H and O–H groups in total. The summed E-state index contributed by atoms with van der Waals surface area (Å²) in [6.07, 6.45) is 5.60. The zero-order valence-electron chi connectivity index (χ0n) is 20.7. The molecule has 4 rings (SSSR count). The fraction of sp³-hybridized carbons (Fsp3) is 0.423. The summed E-state index contributed by atoms with van der Waals surface area (Å²) < 4.78 is 33.9. The van der Waals surface area contributed by atoms with E-state index in [0.29, 0.717) is 29.3 Å². The Morgan fingerprint density at radius 3 is 2.50 bits per heavy atom. The van der Waals surface area contributed by atoms with Gasteiger partial charge in [-0.15, -0.1) is 11.3 Å². The first kappa shape index (κ1) is 26.1. The number of aryl methyl sites for hydroxylation is 2. The summed E-state index contributed by atoms with van der Waals surface area (Å²) in [5.41, 5.74) is 0.557. The monoisotopic (exact) mass is 530 g/mol. The maximum absolute atomic E-state index is 13.9. The Morgan fingerprint density at radius 1 is 1.19 bits per heavy atom. The van der Waals surface area contributed by atoms with Crippen molar-refractivity contribution in [1.82, 2.24) is 9.88 Å². The smallest absolute Gasteiger partial charge is 0.233 e. The van der Waals surface area contributed by atoms with Gasteiger partial charge in [0.05, 0.1) is 25.3 Å². The maximum atomic E-state index is 13.9. The Kier molecular flexibility index (Phi) is 7.65. The highest BCUT2D eigenvalue weighted by Gasteiger charge is 2.53. The third-order valence-electron chi connectivity index (χ3n) is 6.34. The molecule has 0 radical (unpaired) electrons. The summed E-state index contributed by atoms with van der Waals surface area (Å²) >= 11 is 1.32. The molecule has 2 aromatic heterocycles. The van der Waals surface area contributed by atoms with Gasteiger partial charge in [0, 0.05) is 24.1 Å². The van der Waals surface area contributed by atoms with Crippen molar-refractivity contribution in [1.29, 1.82) is 0 Å². The van der Waals surface area contributed by atoms with Crippen molar-refractivity contribution in [2.24, 2.45) is 0 Å². The van der Waals surface area contributed by atoms with Crippen LogP contribution in [0.1, 0.15) is 51.0 Å². The number of methoxy groups -OCH3 is 1. The minimum atomic E-state index is -3.46. The molecule has 0 bridgehead atoms. The number of furan rings is 1. The van der Waals surface area contributed by atoms with Crippen LogP contribution in [0.2, 0.25) is 0 Å². The number of hydrogen-bond acceptors (Lipinski definition) is 8. The normalized spacial score (nSPS) is 14.4. The largest absolute Gasteiger partial charge is 0.497 e.